The predicted octanol–water partition coefficient (Wildman–Crippen LogP) is 2.09. The molecule has 0 radical (unpaired) electrons. The van der Waals surface area contributed by atoms with Gasteiger partial charge in [-0.3, -0.25) is 19.8 Å². The van der Waals surface area contributed by atoms with Gasteiger partial charge in [0.25, 0.3) is 5.91 Å². The summed E-state index contributed by atoms with van der Waals surface area (Å²) in [6, 6.07) is 10.4. The Morgan fingerprint density at radius 1 is 1.04 bits per heavy atom. The minimum atomic E-state index is -1.04. The summed E-state index contributed by atoms with van der Waals surface area (Å²) in [5, 5.41) is 4.07. The van der Waals surface area contributed by atoms with E-state index in [2.05, 4.69) is 15.5 Å². The van der Waals surface area contributed by atoms with Crippen molar-refractivity contribution in [1.82, 2.24) is 10.4 Å². The van der Waals surface area contributed by atoms with Crippen LogP contribution in [-0.2, 0) is 9.59 Å². The van der Waals surface area contributed by atoms with Crippen LogP contribution in [0.3, 0.4) is 0 Å². The van der Waals surface area contributed by atoms with Gasteiger partial charge >= 0.3 is 0 Å². The van der Waals surface area contributed by atoms with Crippen LogP contribution in [0.5, 0.6) is 0 Å². The zero-order valence-electron chi connectivity index (χ0n) is 13.0. The summed E-state index contributed by atoms with van der Waals surface area (Å²) in [7, 11) is 0. The zero-order chi connectivity index (χ0) is 18.4. The second kappa shape index (κ2) is 6.19. The van der Waals surface area contributed by atoms with E-state index in [1.54, 1.807) is 30.3 Å². The quantitative estimate of drug-likeness (QED) is 0.493. The second-order valence-corrected chi connectivity index (χ2v) is 6.52. The fourth-order valence-corrected chi connectivity index (χ4v) is 3.35. The van der Waals surface area contributed by atoms with Crippen molar-refractivity contribution in [3.8, 4) is 0 Å². The summed E-state index contributed by atoms with van der Waals surface area (Å²) >= 11 is 11.8. The number of carbonyl (C=O) groups excluding carboxylic acids is 3. The van der Waals surface area contributed by atoms with Crippen LogP contribution in [0.4, 0.5) is 5.69 Å². The number of nitrogens with zero attached hydrogens (tertiary/aromatic N) is 3. The number of imide groups is 1. The molecule has 1 saturated heterocycles. The van der Waals surface area contributed by atoms with Crippen LogP contribution in [-0.4, -0.2) is 34.3 Å². The van der Waals surface area contributed by atoms with Crippen LogP contribution < -0.4 is 10.3 Å². The number of amides is 2. The third-order valence-electron chi connectivity index (χ3n) is 4.20. The van der Waals surface area contributed by atoms with Crippen LogP contribution in [0.25, 0.3) is 0 Å². The number of ketones is 1. The van der Waals surface area contributed by atoms with E-state index in [0.29, 0.717) is 5.69 Å². The van der Waals surface area contributed by atoms with Gasteiger partial charge in [-0.25, -0.2) is 9.88 Å². The molecule has 1 aromatic heterocycles. The Bertz CT molecular complexity index is 977. The van der Waals surface area contributed by atoms with Gasteiger partial charge in [0.15, 0.2) is 0 Å². The first-order valence-electron chi connectivity index (χ1n) is 7.61. The average molecular weight is 389 g/mol. The molecular formula is C17H10Cl2N4O3. The molecule has 26 heavy (non-hydrogen) atoms. The normalized spacial score (nSPS) is 21.5. The lowest BCUT2D eigenvalue weighted by atomic mass is 9.94. The van der Waals surface area contributed by atoms with Gasteiger partial charge in [-0.05, 0) is 24.3 Å². The van der Waals surface area contributed by atoms with E-state index < -0.39 is 29.6 Å². The lowest BCUT2D eigenvalue weighted by Gasteiger charge is -2.15. The Morgan fingerprint density at radius 3 is 2.50 bits per heavy atom. The number of carbonyl (C=O) groups is 3. The predicted molar refractivity (Wildman–Crippen MR) is 95.4 cm³/mol. The van der Waals surface area contributed by atoms with E-state index in [4.69, 9.17) is 23.2 Å². The SMILES string of the molecule is O=C(C1=NN[C@H]2C(=O)N(c3ccccc3)C(=O)[C@H]12)c1nc(Cl)ccc1Cl. The number of aromatic nitrogens is 1. The van der Waals surface area contributed by atoms with Gasteiger partial charge in [0, 0.05) is 0 Å². The number of Topliss-reactive ketones (excluding diaryl/α,β-unsaturated/α-hetero) is 1. The maximum absolute atomic E-state index is 12.8. The van der Waals surface area contributed by atoms with E-state index in [0.717, 1.165) is 4.90 Å². The molecule has 2 amide bonds. The summed E-state index contributed by atoms with van der Waals surface area (Å²) in [5.41, 5.74) is 2.80. The Hall–Kier alpha value is -2.77. The summed E-state index contributed by atoms with van der Waals surface area (Å²) in [4.78, 5) is 43.2. The highest BCUT2D eigenvalue weighted by atomic mass is 35.5. The number of rotatable bonds is 3. The molecular weight excluding hydrogens is 379 g/mol. The molecule has 0 unspecified atom stereocenters. The summed E-state index contributed by atoms with van der Waals surface area (Å²) in [6.45, 7) is 0. The number of nitrogens with one attached hydrogen (secondary N) is 1. The maximum Gasteiger partial charge on any atom is 0.259 e. The smallest absolute Gasteiger partial charge is 0.259 e. The number of para-hydroxylation sites is 1. The number of anilines is 1. The fraction of sp³-hybridized carbons (Fsp3) is 0.118. The van der Waals surface area contributed by atoms with Gasteiger partial charge in [0.2, 0.25) is 11.7 Å². The molecule has 1 N–H and O–H groups in total. The Labute approximate surface area is 157 Å². The third kappa shape index (κ3) is 2.48. The fourth-order valence-electron chi connectivity index (χ4n) is 3.01. The number of hydrazone groups is 1. The third-order valence-corrected chi connectivity index (χ3v) is 4.71. The lowest BCUT2D eigenvalue weighted by molar-refractivity contribution is -0.122. The first-order chi connectivity index (χ1) is 12.5. The highest BCUT2D eigenvalue weighted by molar-refractivity contribution is 6.54. The molecule has 2 aliphatic heterocycles. The van der Waals surface area contributed by atoms with Gasteiger partial charge in [-0.1, -0.05) is 41.4 Å². The largest absolute Gasteiger partial charge is 0.296 e. The van der Waals surface area contributed by atoms with Crippen molar-refractivity contribution >= 4 is 52.2 Å². The first-order valence-corrected chi connectivity index (χ1v) is 8.37. The standard InChI is InChI=1S/C17H10Cl2N4O3/c18-9-6-7-10(19)20-12(9)15(24)13-11-14(22-21-13)17(26)23(16(11)25)8-4-2-1-3-5-8/h1-7,11,14,22H/t11-,14-/m1/s1. The van der Waals surface area contributed by atoms with E-state index in [1.165, 1.54) is 12.1 Å². The average Bonchev–Trinajstić information content (AvgIpc) is 3.18. The van der Waals surface area contributed by atoms with Crippen LogP contribution >= 0.6 is 23.2 Å². The molecule has 130 valence electrons. The lowest BCUT2D eigenvalue weighted by Crippen LogP contribution is -2.36. The highest BCUT2D eigenvalue weighted by Gasteiger charge is 2.55. The number of benzene rings is 1. The van der Waals surface area contributed by atoms with E-state index >= 15 is 0 Å². The van der Waals surface area contributed by atoms with Crippen molar-refractivity contribution in [2.75, 3.05) is 4.90 Å². The number of hydrogen-bond acceptors (Lipinski definition) is 6. The van der Waals surface area contributed by atoms with Gasteiger partial charge in [-0.2, -0.15) is 5.10 Å². The molecule has 2 aliphatic rings. The number of fused-ring (bicyclic) bond motifs is 1. The van der Waals surface area contributed by atoms with Crippen molar-refractivity contribution in [3.63, 3.8) is 0 Å². The van der Waals surface area contributed by atoms with Crippen LogP contribution in [0, 0.1) is 5.92 Å². The molecule has 2 aromatic rings. The van der Waals surface area contributed by atoms with E-state index in [9.17, 15) is 14.4 Å². The first kappa shape index (κ1) is 16.7. The van der Waals surface area contributed by atoms with Crippen LogP contribution in [0.2, 0.25) is 10.2 Å². The van der Waals surface area contributed by atoms with Gasteiger partial charge in [0.1, 0.15) is 28.5 Å². The van der Waals surface area contributed by atoms with E-state index in [-0.39, 0.29) is 21.6 Å². The summed E-state index contributed by atoms with van der Waals surface area (Å²) < 4.78 is 0. The molecule has 0 bridgehead atoms. The minimum absolute atomic E-state index is 0.0839. The Kier molecular flexibility index (Phi) is 3.97. The van der Waals surface area contributed by atoms with Crippen molar-refractivity contribution in [2.45, 2.75) is 6.04 Å². The Morgan fingerprint density at radius 2 is 1.77 bits per heavy atom. The molecule has 1 fully saturated rings. The van der Waals surface area contributed by atoms with Crippen molar-refractivity contribution in [2.24, 2.45) is 11.0 Å². The van der Waals surface area contributed by atoms with Gasteiger partial charge < -0.3 is 0 Å². The van der Waals surface area contributed by atoms with Crippen molar-refractivity contribution in [1.29, 1.82) is 0 Å². The molecule has 0 aliphatic carbocycles. The molecule has 0 saturated carbocycles. The van der Waals surface area contributed by atoms with Gasteiger partial charge in [0.05, 0.1) is 10.7 Å². The van der Waals surface area contributed by atoms with E-state index in [1.807, 2.05) is 0 Å². The molecule has 0 spiro atoms. The summed E-state index contributed by atoms with van der Waals surface area (Å²) in [5.74, 6) is -2.68. The summed E-state index contributed by atoms with van der Waals surface area (Å²) in [6.07, 6.45) is 0. The number of halogens is 2. The van der Waals surface area contributed by atoms with Crippen molar-refractivity contribution in [3.05, 3.63) is 58.3 Å². The monoisotopic (exact) mass is 388 g/mol. The molecule has 1 aromatic carbocycles. The zero-order valence-corrected chi connectivity index (χ0v) is 14.5. The van der Waals surface area contributed by atoms with Crippen LogP contribution in [0.1, 0.15) is 10.5 Å². The molecule has 4 rings (SSSR count). The second-order valence-electron chi connectivity index (χ2n) is 5.72. The Balaban J connectivity index is 1.70. The number of hydrogen-bond donors (Lipinski definition) is 1. The molecule has 3 heterocycles. The highest BCUT2D eigenvalue weighted by Crippen LogP contribution is 2.32. The maximum atomic E-state index is 12.8. The molecule has 7 nitrogen and oxygen atoms in total. The number of pyridine rings is 1. The molecule has 9 heteroatoms. The van der Waals surface area contributed by atoms with Crippen LogP contribution in [0.15, 0.2) is 47.6 Å². The van der Waals surface area contributed by atoms with Crippen molar-refractivity contribution < 1.29 is 14.4 Å². The van der Waals surface area contributed by atoms with Gasteiger partial charge in [-0.15, -0.1) is 0 Å². The molecule has 2 atom stereocenters. The minimum Gasteiger partial charge on any atom is -0.296 e. The topological polar surface area (TPSA) is 91.7 Å².